The number of carboxylic acids is 1. The molecule has 102 valence electrons. The number of hydrogen-bond donors (Lipinski definition) is 1. The van der Waals surface area contributed by atoms with E-state index in [0.29, 0.717) is 23.4 Å². The van der Waals surface area contributed by atoms with E-state index < -0.39 is 12.0 Å². The van der Waals surface area contributed by atoms with Crippen LogP contribution in [0.1, 0.15) is 26.8 Å². The molecule has 0 bridgehead atoms. The van der Waals surface area contributed by atoms with Crippen LogP contribution in [-0.2, 0) is 11.2 Å². The molecular formula is C14H12N2O3S. The zero-order valence-electron chi connectivity index (χ0n) is 10.5. The van der Waals surface area contributed by atoms with Crippen LogP contribution in [0.2, 0.25) is 0 Å². The minimum Gasteiger partial charge on any atom is -0.479 e. The van der Waals surface area contributed by atoms with Crippen molar-refractivity contribution < 1.29 is 14.7 Å². The van der Waals surface area contributed by atoms with Crippen molar-refractivity contribution in [2.45, 2.75) is 12.5 Å². The van der Waals surface area contributed by atoms with Gasteiger partial charge in [0, 0.05) is 6.54 Å². The molecule has 0 radical (unpaired) electrons. The van der Waals surface area contributed by atoms with Gasteiger partial charge in [0.05, 0.1) is 11.7 Å². The molecule has 1 atom stereocenters. The lowest BCUT2D eigenvalue weighted by Gasteiger charge is -2.34. The van der Waals surface area contributed by atoms with Gasteiger partial charge in [0.15, 0.2) is 6.04 Å². The van der Waals surface area contributed by atoms with Crippen molar-refractivity contribution in [3.05, 3.63) is 52.0 Å². The third kappa shape index (κ3) is 2.08. The molecule has 1 aliphatic rings. The van der Waals surface area contributed by atoms with Crippen LogP contribution in [0, 0.1) is 0 Å². The summed E-state index contributed by atoms with van der Waals surface area (Å²) in [6, 6.07) is 6.46. The number of carbonyl (C=O) groups excluding carboxylic acids is 1. The van der Waals surface area contributed by atoms with Gasteiger partial charge in [0.1, 0.15) is 4.88 Å². The fourth-order valence-corrected chi connectivity index (χ4v) is 3.09. The number of carboxylic acid groups (broad SMARTS) is 1. The van der Waals surface area contributed by atoms with Crippen LogP contribution in [0.5, 0.6) is 0 Å². The smallest absolute Gasteiger partial charge is 0.331 e. The number of rotatable bonds is 2. The topological polar surface area (TPSA) is 70.5 Å². The Morgan fingerprint density at radius 1 is 1.35 bits per heavy atom. The number of thiazole rings is 1. The van der Waals surface area contributed by atoms with E-state index in [0.717, 1.165) is 5.56 Å². The molecule has 0 saturated heterocycles. The van der Waals surface area contributed by atoms with Gasteiger partial charge in [0.2, 0.25) is 0 Å². The standard InChI is InChI=1S/C14H12N2O3S/c17-13(11-7-15-8-20-11)16-6-5-9-3-1-2-4-10(9)12(16)14(18)19/h1-4,7-8,12H,5-6H2,(H,18,19). The molecule has 1 aliphatic heterocycles. The van der Waals surface area contributed by atoms with E-state index in [1.807, 2.05) is 12.1 Å². The lowest BCUT2D eigenvalue weighted by Crippen LogP contribution is -2.43. The number of carbonyl (C=O) groups is 2. The molecule has 2 heterocycles. The summed E-state index contributed by atoms with van der Waals surface area (Å²) in [6.07, 6.45) is 2.15. The molecule has 5 nitrogen and oxygen atoms in total. The second-order valence-electron chi connectivity index (χ2n) is 4.55. The molecule has 0 aliphatic carbocycles. The molecule has 6 heteroatoms. The summed E-state index contributed by atoms with van der Waals surface area (Å²) in [4.78, 5) is 29.8. The first kappa shape index (κ1) is 12.8. The first-order valence-electron chi connectivity index (χ1n) is 6.18. The monoisotopic (exact) mass is 288 g/mol. The Labute approximate surface area is 119 Å². The Bertz CT molecular complexity index is 654. The molecule has 1 aromatic carbocycles. The van der Waals surface area contributed by atoms with Crippen LogP contribution in [-0.4, -0.2) is 33.4 Å². The van der Waals surface area contributed by atoms with Crippen molar-refractivity contribution in [2.75, 3.05) is 6.54 Å². The molecule has 1 N–H and O–H groups in total. The molecular weight excluding hydrogens is 276 g/mol. The van der Waals surface area contributed by atoms with E-state index in [9.17, 15) is 14.7 Å². The highest BCUT2D eigenvalue weighted by Crippen LogP contribution is 2.31. The fraction of sp³-hybridized carbons (Fsp3) is 0.214. The molecule has 1 aromatic heterocycles. The highest BCUT2D eigenvalue weighted by Gasteiger charge is 2.36. The Balaban J connectivity index is 2.01. The van der Waals surface area contributed by atoms with Gasteiger partial charge in [0.25, 0.3) is 5.91 Å². The summed E-state index contributed by atoms with van der Waals surface area (Å²) < 4.78 is 0. The molecule has 1 amide bonds. The predicted molar refractivity (Wildman–Crippen MR) is 73.7 cm³/mol. The summed E-state index contributed by atoms with van der Waals surface area (Å²) >= 11 is 1.22. The molecule has 0 fully saturated rings. The van der Waals surface area contributed by atoms with E-state index in [1.54, 1.807) is 17.6 Å². The lowest BCUT2D eigenvalue weighted by molar-refractivity contribution is -0.143. The molecule has 0 spiro atoms. The van der Waals surface area contributed by atoms with Crippen molar-refractivity contribution in [3.63, 3.8) is 0 Å². The van der Waals surface area contributed by atoms with Crippen molar-refractivity contribution in [1.29, 1.82) is 0 Å². The quantitative estimate of drug-likeness (QED) is 0.917. The average Bonchev–Trinajstić information content (AvgIpc) is 2.99. The second-order valence-corrected chi connectivity index (χ2v) is 5.44. The fourth-order valence-electron chi connectivity index (χ4n) is 2.51. The van der Waals surface area contributed by atoms with Gasteiger partial charge < -0.3 is 10.0 Å². The zero-order chi connectivity index (χ0) is 14.1. The van der Waals surface area contributed by atoms with E-state index in [-0.39, 0.29) is 5.91 Å². The Morgan fingerprint density at radius 3 is 2.85 bits per heavy atom. The molecule has 0 saturated carbocycles. The number of nitrogens with zero attached hydrogens (tertiary/aromatic N) is 2. The summed E-state index contributed by atoms with van der Waals surface area (Å²) in [5, 5.41) is 9.50. The largest absolute Gasteiger partial charge is 0.479 e. The van der Waals surface area contributed by atoms with Crippen molar-refractivity contribution in [2.24, 2.45) is 0 Å². The minimum atomic E-state index is -1.00. The summed E-state index contributed by atoms with van der Waals surface area (Å²) in [5.41, 5.74) is 3.26. The van der Waals surface area contributed by atoms with Gasteiger partial charge in [-0.3, -0.25) is 9.78 Å². The molecule has 2 aromatic rings. The van der Waals surface area contributed by atoms with Crippen LogP contribution in [0.3, 0.4) is 0 Å². The lowest BCUT2D eigenvalue weighted by atomic mass is 9.92. The maximum Gasteiger partial charge on any atom is 0.331 e. The number of amides is 1. The van der Waals surface area contributed by atoms with Crippen LogP contribution in [0.4, 0.5) is 0 Å². The first-order chi connectivity index (χ1) is 9.68. The third-order valence-electron chi connectivity index (χ3n) is 3.42. The minimum absolute atomic E-state index is 0.269. The second kappa shape index (κ2) is 5.05. The van der Waals surface area contributed by atoms with Gasteiger partial charge in [-0.1, -0.05) is 24.3 Å². The Morgan fingerprint density at radius 2 is 2.15 bits per heavy atom. The number of hydrogen-bond acceptors (Lipinski definition) is 4. The van der Waals surface area contributed by atoms with Crippen molar-refractivity contribution in [1.82, 2.24) is 9.88 Å². The van der Waals surface area contributed by atoms with Crippen LogP contribution >= 0.6 is 11.3 Å². The van der Waals surface area contributed by atoms with E-state index in [2.05, 4.69) is 4.98 Å². The third-order valence-corrected chi connectivity index (χ3v) is 4.18. The van der Waals surface area contributed by atoms with Gasteiger partial charge in [-0.05, 0) is 17.5 Å². The number of aliphatic carboxylic acids is 1. The van der Waals surface area contributed by atoms with Crippen LogP contribution in [0.15, 0.2) is 36.0 Å². The first-order valence-corrected chi connectivity index (χ1v) is 7.06. The van der Waals surface area contributed by atoms with Crippen LogP contribution in [0.25, 0.3) is 0 Å². The maximum absolute atomic E-state index is 12.4. The number of benzene rings is 1. The predicted octanol–water partition coefficient (Wildman–Crippen LogP) is 1.97. The van der Waals surface area contributed by atoms with Gasteiger partial charge in [-0.15, -0.1) is 11.3 Å². The number of aromatic nitrogens is 1. The van der Waals surface area contributed by atoms with Gasteiger partial charge >= 0.3 is 5.97 Å². The molecule has 3 rings (SSSR count). The van der Waals surface area contributed by atoms with Crippen molar-refractivity contribution in [3.8, 4) is 0 Å². The summed E-state index contributed by atoms with van der Waals surface area (Å²) in [7, 11) is 0. The Hall–Kier alpha value is -2.21. The summed E-state index contributed by atoms with van der Waals surface area (Å²) in [6.45, 7) is 0.407. The van der Waals surface area contributed by atoms with E-state index in [1.165, 1.54) is 22.4 Å². The average molecular weight is 288 g/mol. The molecule has 20 heavy (non-hydrogen) atoms. The van der Waals surface area contributed by atoms with Crippen molar-refractivity contribution >= 4 is 23.2 Å². The number of fused-ring (bicyclic) bond motifs is 1. The van der Waals surface area contributed by atoms with Crippen LogP contribution < -0.4 is 0 Å². The Kier molecular flexibility index (Phi) is 3.23. The normalized spacial score (nSPS) is 17.6. The van der Waals surface area contributed by atoms with E-state index in [4.69, 9.17) is 0 Å². The van der Waals surface area contributed by atoms with Gasteiger partial charge in [-0.25, -0.2) is 4.79 Å². The maximum atomic E-state index is 12.4. The summed E-state index contributed by atoms with van der Waals surface area (Å²) in [5.74, 6) is -1.27. The van der Waals surface area contributed by atoms with Gasteiger partial charge in [-0.2, -0.15) is 0 Å². The zero-order valence-corrected chi connectivity index (χ0v) is 11.3. The SMILES string of the molecule is O=C(O)C1c2ccccc2CCN1C(=O)c1cncs1. The highest BCUT2D eigenvalue weighted by molar-refractivity contribution is 7.11. The molecule has 1 unspecified atom stereocenters. The van der Waals surface area contributed by atoms with E-state index >= 15 is 0 Å². The highest BCUT2D eigenvalue weighted by atomic mass is 32.1.